The van der Waals surface area contributed by atoms with Crippen molar-refractivity contribution in [1.82, 2.24) is 24.4 Å². The molecule has 1 atom stereocenters. The van der Waals surface area contributed by atoms with Crippen molar-refractivity contribution in [3.63, 3.8) is 0 Å². The average Bonchev–Trinajstić information content (AvgIpc) is 3.47. The van der Waals surface area contributed by atoms with E-state index >= 15 is 0 Å². The molecule has 44 heavy (non-hydrogen) atoms. The minimum atomic E-state index is -0.830. The summed E-state index contributed by atoms with van der Waals surface area (Å²) in [6, 6.07) is 20.1. The number of nitrogens with one attached hydrogen (secondary N) is 1. The van der Waals surface area contributed by atoms with Crippen molar-refractivity contribution in [2.75, 3.05) is 57.1 Å². The maximum Gasteiger partial charge on any atom is 0.253 e. The van der Waals surface area contributed by atoms with Gasteiger partial charge in [-0.25, -0.2) is 4.52 Å². The Balaban J connectivity index is 1.15. The molecule has 2 aromatic carbocycles. The van der Waals surface area contributed by atoms with Gasteiger partial charge in [0.25, 0.3) is 5.91 Å². The van der Waals surface area contributed by atoms with Gasteiger partial charge in [-0.15, -0.1) is 5.10 Å². The molecule has 4 heterocycles. The van der Waals surface area contributed by atoms with Crippen molar-refractivity contribution in [3.05, 3.63) is 83.6 Å². The summed E-state index contributed by atoms with van der Waals surface area (Å²) in [4.78, 5) is 24.4. The zero-order valence-corrected chi connectivity index (χ0v) is 25.9. The summed E-state index contributed by atoms with van der Waals surface area (Å²) in [7, 11) is 4.03. The van der Waals surface area contributed by atoms with Crippen molar-refractivity contribution < 1.29 is 15.0 Å². The molecule has 0 spiro atoms. The van der Waals surface area contributed by atoms with Gasteiger partial charge in [-0.05, 0) is 94.7 Å². The van der Waals surface area contributed by atoms with E-state index < -0.39 is 11.5 Å². The molecule has 232 valence electrons. The van der Waals surface area contributed by atoms with Crippen molar-refractivity contribution >= 4 is 28.9 Å². The standard InChI is InChI=1S/C34H43N7O3/c1-24-6-10-26(11-7-24)34(30(43)23-42)16-21-40(22-17-34)29-5-4-18-41-31(29)36-33(37-41)35-27-12-8-25(9-13-27)32(44)39(3)28-14-19-38(2)20-15-28/h4-13,18,28,30,42-43H,14-17,19-23H2,1-3H3,(H,35,37). The molecule has 10 heteroatoms. The maximum absolute atomic E-state index is 13.1. The summed E-state index contributed by atoms with van der Waals surface area (Å²) in [6.45, 7) is 5.22. The predicted octanol–water partition coefficient (Wildman–Crippen LogP) is 3.84. The van der Waals surface area contributed by atoms with Gasteiger partial charge in [0, 0.05) is 49.0 Å². The number of nitrogens with zero attached hydrogens (tertiary/aromatic N) is 6. The first-order chi connectivity index (χ1) is 21.3. The molecule has 6 rings (SSSR count). The highest BCUT2D eigenvalue weighted by atomic mass is 16.3. The van der Waals surface area contributed by atoms with Gasteiger partial charge < -0.3 is 30.2 Å². The van der Waals surface area contributed by atoms with Crippen molar-refractivity contribution in [2.24, 2.45) is 0 Å². The van der Waals surface area contributed by atoms with Crippen LogP contribution in [-0.2, 0) is 5.41 Å². The van der Waals surface area contributed by atoms with Crippen molar-refractivity contribution in [2.45, 2.75) is 50.2 Å². The van der Waals surface area contributed by atoms with Gasteiger partial charge in [0.1, 0.15) is 0 Å². The average molecular weight is 598 g/mol. The largest absolute Gasteiger partial charge is 0.394 e. The Bertz CT molecular complexity index is 1570. The third-order valence-corrected chi connectivity index (χ3v) is 9.72. The summed E-state index contributed by atoms with van der Waals surface area (Å²) in [6.07, 6.45) is 4.45. The van der Waals surface area contributed by atoms with Crippen molar-refractivity contribution in [3.8, 4) is 0 Å². The third-order valence-electron chi connectivity index (χ3n) is 9.72. The number of piperidine rings is 2. The number of likely N-dealkylation sites (tertiary alicyclic amines) is 1. The number of carbonyl (C=O) groups is 1. The van der Waals surface area contributed by atoms with Crippen LogP contribution in [0, 0.1) is 6.92 Å². The molecule has 2 fully saturated rings. The SMILES string of the molecule is Cc1ccc(C2(C(O)CO)CCN(c3cccn4nc(Nc5ccc(C(=O)N(C)C6CCN(C)CC6)cc5)nc34)CC2)cc1. The predicted molar refractivity (Wildman–Crippen MR) is 173 cm³/mol. The van der Waals surface area contributed by atoms with Crippen LogP contribution in [0.15, 0.2) is 66.9 Å². The molecule has 0 saturated carbocycles. The first-order valence-electron chi connectivity index (χ1n) is 15.6. The minimum absolute atomic E-state index is 0.0426. The fraction of sp³-hybridized carbons (Fsp3) is 0.441. The van der Waals surface area contributed by atoms with E-state index in [-0.39, 0.29) is 18.6 Å². The van der Waals surface area contributed by atoms with Gasteiger partial charge in [0.05, 0.1) is 18.4 Å². The lowest BCUT2D eigenvalue weighted by molar-refractivity contribution is 0.0148. The van der Waals surface area contributed by atoms with Gasteiger partial charge >= 0.3 is 0 Å². The Morgan fingerprint density at radius 3 is 2.39 bits per heavy atom. The number of hydrogen-bond acceptors (Lipinski definition) is 8. The van der Waals surface area contributed by atoms with Gasteiger partial charge in [-0.3, -0.25) is 4.79 Å². The second kappa shape index (κ2) is 12.6. The molecule has 1 unspecified atom stereocenters. The fourth-order valence-electron chi connectivity index (χ4n) is 6.79. The smallest absolute Gasteiger partial charge is 0.253 e. The van der Waals surface area contributed by atoms with Gasteiger partial charge in [-0.2, -0.15) is 4.98 Å². The highest BCUT2D eigenvalue weighted by Gasteiger charge is 2.42. The second-order valence-electron chi connectivity index (χ2n) is 12.5. The lowest BCUT2D eigenvalue weighted by atomic mass is 9.68. The lowest BCUT2D eigenvalue weighted by Crippen LogP contribution is -2.50. The van der Waals surface area contributed by atoms with E-state index in [0.29, 0.717) is 37.4 Å². The molecule has 2 aliphatic rings. The molecule has 2 saturated heterocycles. The summed E-state index contributed by atoms with van der Waals surface area (Å²) in [5.41, 5.74) is 4.93. The molecule has 0 radical (unpaired) electrons. The second-order valence-corrected chi connectivity index (χ2v) is 12.5. The third kappa shape index (κ3) is 5.89. The number of carbonyl (C=O) groups excluding carboxylic acids is 1. The van der Waals surface area contributed by atoms with E-state index in [2.05, 4.69) is 64.5 Å². The highest BCUT2D eigenvalue weighted by molar-refractivity contribution is 5.94. The number of fused-ring (bicyclic) bond motifs is 1. The maximum atomic E-state index is 13.1. The molecular formula is C34H43N7O3. The van der Waals surface area contributed by atoms with Crippen LogP contribution < -0.4 is 10.2 Å². The molecule has 2 aromatic heterocycles. The zero-order valence-electron chi connectivity index (χ0n) is 25.9. The lowest BCUT2D eigenvalue weighted by Gasteiger charge is -2.45. The van der Waals surface area contributed by atoms with Gasteiger partial charge in [0.15, 0.2) is 5.65 Å². The van der Waals surface area contributed by atoms with Gasteiger partial charge in [-0.1, -0.05) is 29.8 Å². The molecule has 0 aliphatic carbocycles. The van der Waals surface area contributed by atoms with Crippen LogP contribution in [0.3, 0.4) is 0 Å². The number of aryl methyl sites for hydroxylation is 1. The van der Waals surface area contributed by atoms with E-state index in [1.807, 2.05) is 48.5 Å². The van der Waals surface area contributed by atoms with Crippen molar-refractivity contribution in [1.29, 1.82) is 0 Å². The van der Waals surface area contributed by atoms with E-state index in [4.69, 9.17) is 4.98 Å². The van der Waals surface area contributed by atoms with E-state index in [9.17, 15) is 15.0 Å². The van der Waals surface area contributed by atoms with Crippen LogP contribution in [0.5, 0.6) is 0 Å². The Hall–Kier alpha value is -3.99. The fourth-order valence-corrected chi connectivity index (χ4v) is 6.79. The quantitative estimate of drug-likeness (QED) is 0.281. The summed E-state index contributed by atoms with van der Waals surface area (Å²) < 4.78 is 1.77. The van der Waals surface area contributed by atoms with Crippen LogP contribution in [0.4, 0.5) is 17.3 Å². The number of aliphatic hydroxyl groups is 2. The molecule has 1 amide bonds. The van der Waals surface area contributed by atoms with E-state index in [1.165, 1.54) is 5.56 Å². The van der Waals surface area contributed by atoms with Crippen LogP contribution in [0.1, 0.15) is 47.2 Å². The number of benzene rings is 2. The Labute approximate surface area is 258 Å². The highest BCUT2D eigenvalue weighted by Crippen LogP contribution is 2.40. The molecule has 3 N–H and O–H groups in total. The molecule has 2 aliphatic heterocycles. The first kappa shape index (κ1) is 30.1. The summed E-state index contributed by atoms with van der Waals surface area (Å²) in [5.74, 6) is 0.516. The van der Waals surface area contributed by atoms with Crippen LogP contribution in [0.2, 0.25) is 0 Å². The zero-order chi connectivity index (χ0) is 30.8. The van der Waals surface area contributed by atoms with Crippen LogP contribution in [0.25, 0.3) is 5.65 Å². The number of hydrogen-bond donors (Lipinski definition) is 3. The monoisotopic (exact) mass is 597 g/mol. The number of anilines is 3. The topological polar surface area (TPSA) is 109 Å². The minimum Gasteiger partial charge on any atom is -0.394 e. The molecule has 10 nitrogen and oxygen atoms in total. The van der Waals surface area contributed by atoms with Crippen LogP contribution >= 0.6 is 0 Å². The van der Waals surface area contributed by atoms with E-state index in [0.717, 1.165) is 48.5 Å². The summed E-state index contributed by atoms with van der Waals surface area (Å²) in [5, 5.41) is 28.8. The first-order valence-corrected chi connectivity index (χ1v) is 15.6. The molecular weight excluding hydrogens is 554 g/mol. The Kier molecular flexibility index (Phi) is 8.57. The number of pyridine rings is 1. The molecule has 4 aromatic rings. The molecule has 0 bridgehead atoms. The van der Waals surface area contributed by atoms with E-state index in [1.54, 1.807) is 4.52 Å². The number of aromatic nitrogens is 3. The number of aliphatic hydroxyl groups excluding tert-OH is 2. The number of rotatable bonds is 8. The normalized spacial score (nSPS) is 18.3. The Morgan fingerprint density at radius 2 is 1.73 bits per heavy atom. The van der Waals surface area contributed by atoms with Crippen LogP contribution in [-0.4, -0.2) is 99.5 Å². The van der Waals surface area contributed by atoms with Gasteiger partial charge in [0.2, 0.25) is 5.95 Å². The summed E-state index contributed by atoms with van der Waals surface area (Å²) >= 11 is 0. The number of amides is 1. The Morgan fingerprint density at radius 1 is 1.05 bits per heavy atom.